The van der Waals surface area contributed by atoms with E-state index in [9.17, 15) is 14.4 Å². The number of hydrogen-bond donors (Lipinski definition) is 1. The highest BCUT2D eigenvalue weighted by Gasteiger charge is 2.71. The summed E-state index contributed by atoms with van der Waals surface area (Å²) in [7, 11) is 0. The molecular weight excluding hydrogens is 474 g/mol. The van der Waals surface area contributed by atoms with Crippen molar-refractivity contribution in [3.8, 4) is 0 Å². The molecule has 4 unspecified atom stereocenters. The largest absolute Gasteiger partial charge is 0.306 e. The third kappa shape index (κ3) is 2.95. The second-order valence-corrected chi connectivity index (χ2v) is 10.4. The maximum absolute atomic E-state index is 14.5. The molecule has 1 spiro atoms. The van der Waals surface area contributed by atoms with Crippen molar-refractivity contribution in [3.63, 3.8) is 0 Å². The lowest BCUT2D eigenvalue weighted by Crippen LogP contribution is -2.55. The van der Waals surface area contributed by atoms with Gasteiger partial charge in [-0.1, -0.05) is 91.9 Å². The van der Waals surface area contributed by atoms with Gasteiger partial charge in [0.1, 0.15) is 5.54 Å². The number of anilines is 2. The fraction of sp³-hybridized carbons (Fsp3) is 0.219. The molecule has 0 radical (unpaired) electrons. The lowest BCUT2D eigenvalue weighted by molar-refractivity contribution is -0.132. The molecule has 4 aromatic carbocycles. The molecule has 0 aromatic heterocycles. The van der Waals surface area contributed by atoms with Crippen LogP contribution in [0.1, 0.15) is 24.5 Å². The van der Waals surface area contributed by atoms with Gasteiger partial charge in [-0.2, -0.15) is 0 Å². The van der Waals surface area contributed by atoms with Crippen LogP contribution in [0.2, 0.25) is 0 Å². The fourth-order valence-corrected chi connectivity index (χ4v) is 6.86. The standard InChI is InChI=1S/C32H27N3O3/c1-2-24-27-28(30(37)35(29(27)36)25-18-10-14-21-13-6-7-15-22(21)25)32(33-24)23-16-8-9-17-26(23)34(31(32)38)19-20-11-4-3-5-12-20/h3-18,24,27-28,33H,2,19H2,1H3. The summed E-state index contributed by atoms with van der Waals surface area (Å²) in [4.78, 5) is 46.1. The van der Waals surface area contributed by atoms with Gasteiger partial charge < -0.3 is 4.90 Å². The van der Waals surface area contributed by atoms with Crippen LogP contribution in [0.4, 0.5) is 11.4 Å². The summed E-state index contributed by atoms with van der Waals surface area (Å²) in [6, 6.07) is 30.6. The molecule has 38 heavy (non-hydrogen) atoms. The van der Waals surface area contributed by atoms with Gasteiger partial charge >= 0.3 is 0 Å². The minimum Gasteiger partial charge on any atom is -0.306 e. The second kappa shape index (κ2) is 8.36. The van der Waals surface area contributed by atoms with Crippen molar-refractivity contribution in [1.29, 1.82) is 0 Å². The van der Waals surface area contributed by atoms with Gasteiger partial charge in [0.05, 0.1) is 24.1 Å². The van der Waals surface area contributed by atoms with Gasteiger partial charge in [-0.3, -0.25) is 19.7 Å². The van der Waals surface area contributed by atoms with E-state index in [0.29, 0.717) is 18.7 Å². The third-order valence-corrected chi connectivity index (χ3v) is 8.50. The van der Waals surface area contributed by atoms with E-state index in [1.54, 1.807) is 4.90 Å². The fourth-order valence-electron chi connectivity index (χ4n) is 6.86. The smallest absolute Gasteiger partial charge is 0.253 e. The zero-order chi connectivity index (χ0) is 26.0. The number of para-hydroxylation sites is 1. The van der Waals surface area contributed by atoms with Crippen LogP contribution >= 0.6 is 0 Å². The Labute approximate surface area is 220 Å². The molecule has 7 rings (SSSR count). The molecule has 2 saturated heterocycles. The Hall–Kier alpha value is -4.29. The van der Waals surface area contributed by atoms with E-state index in [1.165, 1.54) is 4.90 Å². The van der Waals surface area contributed by atoms with E-state index in [1.807, 2.05) is 104 Å². The Morgan fingerprint density at radius 1 is 0.763 bits per heavy atom. The average Bonchev–Trinajstić information content (AvgIpc) is 3.52. The third-order valence-electron chi connectivity index (χ3n) is 8.50. The van der Waals surface area contributed by atoms with E-state index in [2.05, 4.69) is 5.32 Å². The van der Waals surface area contributed by atoms with Crippen LogP contribution in [-0.4, -0.2) is 23.8 Å². The Bertz CT molecular complexity index is 1610. The summed E-state index contributed by atoms with van der Waals surface area (Å²) in [5.41, 5.74) is 1.85. The van der Waals surface area contributed by atoms with Crippen molar-refractivity contribution in [2.24, 2.45) is 11.8 Å². The monoisotopic (exact) mass is 501 g/mol. The number of nitrogens with one attached hydrogen (secondary N) is 1. The summed E-state index contributed by atoms with van der Waals surface area (Å²) in [6.07, 6.45) is 0.624. The summed E-state index contributed by atoms with van der Waals surface area (Å²) >= 11 is 0. The average molecular weight is 502 g/mol. The van der Waals surface area contributed by atoms with Crippen LogP contribution in [0.25, 0.3) is 10.8 Å². The first-order valence-corrected chi connectivity index (χ1v) is 13.1. The van der Waals surface area contributed by atoms with Crippen LogP contribution < -0.4 is 15.1 Å². The normalized spacial score (nSPS) is 26.0. The Morgan fingerprint density at radius 3 is 2.26 bits per heavy atom. The molecule has 4 aromatic rings. The number of carbonyl (C=O) groups is 3. The first kappa shape index (κ1) is 22.9. The molecule has 3 aliphatic heterocycles. The zero-order valence-corrected chi connectivity index (χ0v) is 21.0. The molecule has 6 nitrogen and oxygen atoms in total. The zero-order valence-electron chi connectivity index (χ0n) is 21.0. The molecule has 2 fully saturated rings. The molecular formula is C32H27N3O3. The predicted molar refractivity (Wildman–Crippen MR) is 146 cm³/mol. The van der Waals surface area contributed by atoms with Gasteiger partial charge in [0, 0.05) is 22.7 Å². The van der Waals surface area contributed by atoms with Gasteiger partial charge in [-0.25, -0.2) is 4.90 Å². The summed E-state index contributed by atoms with van der Waals surface area (Å²) in [6.45, 7) is 2.39. The van der Waals surface area contributed by atoms with E-state index < -0.39 is 17.4 Å². The van der Waals surface area contributed by atoms with Crippen molar-refractivity contribution >= 4 is 39.9 Å². The van der Waals surface area contributed by atoms with Crippen molar-refractivity contribution in [3.05, 3.63) is 108 Å². The summed E-state index contributed by atoms with van der Waals surface area (Å²) in [5, 5.41) is 5.35. The molecule has 3 aliphatic rings. The Balaban J connectivity index is 1.38. The van der Waals surface area contributed by atoms with Gasteiger partial charge in [0.15, 0.2) is 0 Å². The molecule has 3 amide bonds. The second-order valence-electron chi connectivity index (χ2n) is 10.4. The minimum atomic E-state index is -1.29. The maximum atomic E-state index is 14.5. The number of amides is 3. The lowest BCUT2D eigenvalue weighted by atomic mass is 9.76. The highest BCUT2D eigenvalue weighted by molar-refractivity contribution is 6.28. The minimum absolute atomic E-state index is 0.172. The van der Waals surface area contributed by atoms with E-state index in [4.69, 9.17) is 0 Å². The van der Waals surface area contributed by atoms with Crippen LogP contribution in [0.5, 0.6) is 0 Å². The first-order chi connectivity index (χ1) is 18.6. The van der Waals surface area contributed by atoms with Crippen molar-refractivity contribution < 1.29 is 14.4 Å². The SMILES string of the molecule is CCC1NC2(C(=O)N(Cc3ccccc3)c3ccccc32)C2C(=O)N(c3cccc4ccccc34)C(=O)C12. The Kier molecular flexibility index (Phi) is 5.03. The Morgan fingerprint density at radius 2 is 1.45 bits per heavy atom. The van der Waals surface area contributed by atoms with Gasteiger partial charge in [0.25, 0.3) is 5.91 Å². The van der Waals surface area contributed by atoms with Crippen LogP contribution in [0.15, 0.2) is 97.1 Å². The van der Waals surface area contributed by atoms with Crippen molar-refractivity contribution in [1.82, 2.24) is 5.32 Å². The number of carbonyl (C=O) groups excluding carboxylic acids is 3. The molecule has 0 bridgehead atoms. The van der Waals surface area contributed by atoms with Crippen molar-refractivity contribution in [2.45, 2.75) is 31.5 Å². The first-order valence-electron chi connectivity index (χ1n) is 13.1. The van der Waals surface area contributed by atoms with E-state index in [0.717, 1.165) is 27.6 Å². The number of nitrogens with zero attached hydrogens (tertiary/aromatic N) is 2. The number of hydrogen-bond acceptors (Lipinski definition) is 4. The summed E-state index contributed by atoms with van der Waals surface area (Å²) in [5.74, 6) is -2.17. The van der Waals surface area contributed by atoms with Crippen LogP contribution in [0.3, 0.4) is 0 Å². The number of fused-ring (bicyclic) bond motifs is 5. The number of imide groups is 1. The molecule has 1 N–H and O–H groups in total. The molecule has 3 heterocycles. The van der Waals surface area contributed by atoms with Gasteiger partial charge in [-0.15, -0.1) is 0 Å². The molecule has 6 heteroatoms. The van der Waals surface area contributed by atoms with E-state index >= 15 is 0 Å². The molecule has 188 valence electrons. The molecule has 4 atom stereocenters. The van der Waals surface area contributed by atoms with Crippen molar-refractivity contribution in [2.75, 3.05) is 9.80 Å². The van der Waals surface area contributed by atoms with Crippen LogP contribution in [-0.2, 0) is 26.5 Å². The highest BCUT2D eigenvalue weighted by atomic mass is 16.2. The highest BCUT2D eigenvalue weighted by Crippen LogP contribution is 2.56. The summed E-state index contributed by atoms with van der Waals surface area (Å²) < 4.78 is 0. The molecule has 0 aliphatic carbocycles. The van der Waals surface area contributed by atoms with Crippen LogP contribution in [0, 0.1) is 11.8 Å². The lowest BCUT2D eigenvalue weighted by Gasteiger charge is -2.30. The topological polar surface area (TPSA) is 69.7 Å². The maximum Gasteiger partial charge on any atom is 0.253 e. The number of rotatable bonds is 4. The number of benzene rings is 4. The van der Waals surface area contributed by atoms with Gasteiger partial charge in [0.2, 0.25) is 11.8 Å². The molecule has 0 saturated carbocycles. The predicted octanol–water partition coefficient (Wildman–Crippen LogP) is 4.77. The quantitative estimate of drug-likeness (QED) is 0.409. The van der Waals surface area contributed by atoms with Gasteiger partial charge in [-0.05, 0) is 29.5 Å². The van der Waals surface area contributed by atoms with E-state index in [-0.39, 0.29) is 23.8 Å².